The van der Waals surface area contributed by atoms with Crippen LogP contribution >= 0.6 is 23.4 Å². The fraction of sp³-hybridized carbons (Fsp3) is 0.250. The Morgan fingerprint density at radius 3 is 2.67 bits per heavy atom. The number of hydrogen-bond acceptors (Lipinski definition) is 2. The molecule has 2 rings (SSSR count). The average Bonchev–Trinajstić information content (AvgIpc) is 2.45. The van der Waals surface area contributed by atoms with Gasteiger partial charge in [0.15, 0.2) is 0 Å². The lowest BCUT2D eigenvalue weighted by Gasteiger charge is -2.08. The van der Waals surface area contributed by atoms with Gasteiger partial charge in [-0.3, -0.25) is 0 Å². The third-order valence-electron chi connectivity index (χ3n) is 2.89. The summed E-state index contributed by atoms with van der Waals surface area (Å²) in [6.45, 7) is 3.73. The zero-order chi connectivity index (χ0) is 15.2. The van der Waals surface area contributed by atoms with Gasteiger partial charge in [0.05, 0.1) is 4.90 Å². The first-order chi connectivity index (χ1) is 10.1. The van der Waals surface area contributed by atoms with E-state index in [1.807, 2.05) is 12.1 Å². The first kappa shape index (κ1) is 16.3. The van der Waals surface area contributed by atoms with Crippen LogP contribution in [0.2, 0.25) is 5.02 Å². The first-order valence-corrected chi connectivity index (χ1v) is 7.91. The van der Waals surface area contributed by atoms with Crippen LogP contribution in [-0.4, -0.2) is 6.54 Å². The summed E-state index contributed by atoms with van der Waals surface area (Å²) in [6.07, 6.45) is 1.06. The molecule has 21 heavy (non-hydrogen) atoms. The van der Waals surface area contributed by atoms with Gasteiger partial charge < -0.3 is 5.32 Å². The van der Waals surface area contributed by atoms with Crippen molar-refractivity contribution in [3.05, 3.63) is 58.6 Å². The molecule has 0 unspecified atom stereocenters. The lowest BCUT2D eigenvalue weighted by atomic mass is 10.2. The molecule has 0 fully saturated rings. The van der Waals surface area contributed by atoms with Gasteiger partial charge in [-0.2, -0.15) is 0 Å². The SMILES string of the molecule is CCCNCc1ccc(Sc2cc(F)ccc2F)cc1Cl. The van der Waals surface area contributed by atoms with E-state index in [-0.39, 0.29) is 4.90 Å². The van der Waals surface area contributed by atoms with Crippen LogP contribution in [0.3, 0.4) is 0 Å². The highest BCUT2D eigenvalue weighted by Crippen LogP contribution is 2.32. The summed E-state index contributed by atoms with van der Waals surface area (Å²) in [7, 11) is 0. The quantitative estimate of drug-likeness (QED) is 0.725. The molecule has 0 aliphatic heterocycles. The third kappa shape index (κ3) is 4.70. The number of hydrogen-bond donors (Lipinski definition) is 1. The van der Waals surface area contributed by atoms with Gasteiger partial charge in [0.25, 0.3) is 0 Å². The van der Waals surface area contributed by atoms with E-state index in [0.717, 1.165) is 47.3 Å². The maximum Gasteiger partial charge on any atom is 0.137 e. The zero-order valence-electron chi connectivity index (χ0n) is 11.6. The Balaban J connectivity index is 2.11. The maximum atomic E-state index is 13.6. The molecule has 2 aromatic carbocycles. The molecule has 0 aromatic heterocycles. The van der Waals surface area contributed by atoms with Gasteiger partial charge in [0, 0.05) is 16.5 Å². The van der Waals surface area contributed by atoms with Crippen molar-refractivity contribution in [2.24, 2.45) is 0 Å². The molecule has 112 valence electrons. The van der Waals surface area contributed by atoms with Crippen LogP contribution in [0, 0.1) is 11.6 Å². The Hall–Kier alpha value is -1.10. The fourth-order valence-electron chi connectivity index (χ4n) is 1.82. The van der Waals surface area contributed by atoms with Crippen LogP contribution in [0.4, 0.5) is 8.78 Å². The van der Waals surface area contributed by atoms with Crippen LogP contribution in [0.5, 0.6) is 0 Å². The van der Waals surface area contributed by atoms with E-state index < -0.39 is 11.6 Å². The Morgan fingerprint density at radius 1 is 1.14 bits per heavy atom. The minimum Gasteiger partial charge on any atom is -0.313 e. The van der Waals surface area contributed by atoms with E-state index in [1.165, 1.54) is 6.07 Å². The number of halogens is 3. The molecule has 0 saturated heterocycles. The van der Waals surface area contributed by atoms with Crippen molar-refractivity contribution in [1.29, 1.82) is 0 Å². The van der Waals surface area contributed by atoms with E-state index in [2.05, 4.69) is 12.2 Å². The van der Waals surface area contributed by atoms with Gasteiger partial charge in [-0.25, -0.2) is 8.78 Å². The second-order valence-electron chi connectivity index (χ2n) is 4.61. The van der Waals surface area contributed by atoms with Crippen molar-refractivity contribution in [3.63, 3.8) is 0 Å². The summed E-state index contributed by atoms with van der Waals surface area (Å²) in [4.78, 5) is 1.03. The highest BCUT2D eigenvalue weighted by atomic mass is 35.5. The minimum atomic E-state index is -0.453. The molecule has 1 N–H and O–H groups in total. The van der Waals surface area contributed by atoms with E-state index in [4.69, 9.17) is 11.6 Å². The molecule has 0 heterocycles. The Morgan fingerprint density at radius 2 is 1.95 bits per heavy atom. The minimum absolute atomic E-state index is 0.253. The van der Waals surface area contributed by atoms with Crippen LogP contribution in [-0.2, 0) is 6.54 Å². The fourth-order valence-corrected chi connectivity index (χ4v) is 3.03. The van der Waals surface area contributed by atoms with Gasteiger partial charge in [-0.1, -0.05) is 36.4 Å². The molecule has 0 atom stereocenters. The molecular weight excluding hydrogens is 312 g/mol. The van der Waals surface area contributed by atoms with Gasteiger partial charge >= 0.3 is 0 Å². The van der Waals surface area contributed by atoms with Crippen LogP contribution < -0.4 is 5.32 Å². The van der Waals surface area contributed by atoms with Crippen LogP contribution in [0.15, 0.2) is 46.2 Å². The van der Waals surface area contributed by atoms with Crippen LogP contribution in [0.1, 0.15) is 18.9 Å². The van der Waals surface area contributed by atoms with Gasteiger partial charge in [-0.15, -0.1) is 0 Å². The zero-order valence-corrected chi connectivity index (χ0v) is 13.2. The van der Waals surface area contributed by atoms with Crippen molar-refractivity contribution in [2.75, 3.05) is 6.54 Å². The normalized spacial score (nSPS) is 10.9. The van der Waals surface area contributed by atoms with Crippen molar-refractivity contribution in [2.45, 2.75) is 29.7 Å². The second kappa shape index (κ2) is 7.78. The standard InChI is InChI=1S/C16H16ClF2NS/c1-2-7-20-10-11-3-5-13(9-14(11)17)21-16-8-12(18)4-6-15(16)19/h3-6,8-9,20H,2,7,10H2,1H3. The largest absolute Gasteiger partial charge is 0.313 e. The lowest BCUT2D eigenvalue weighted by Crippen LogP contribution is -2.13. The smallest absolute Gasteiger partial charge is 0.137 e. The molecule has 0 bridgehead atoms. The summed E-state index contributed by atoms with van der Waals surface area (Å²) < 4.78 is 26.8. The summed E-state index contributed by atoms with van der Waals surface area (Å²) in [5.41, 5.74) is 0.995. The highest BCUT2D eigenvalue weighted by molar-refractivity contribution is 7.99. The van der Waals surface area contributed by atoms with E-state index in [0.29, 0.717) is 11.6 Å². The number of nitrogens with one attached hydrogen (secondary N) is 1. The first-order valence-electron chi connectivity index (χ1n) is 6.72. The Labute approximate surface area is 132 Å². The summed E-state index contributed by atoms with van der Waals surface area (Å²) in [5.74, 6) is -0.892. The van der Waals surface area contributed by atoms with E-state index in [1.54, 1.807) is 6.07 Å². The molecule has 2 aromatic rings. The topological polar surface area (TPSA) is 12.0 Å². The van der Waals surface area contributed by atoms with Crippen molar-refractivity contribution < 1.29 is 8.78 Å². The summed E-state index contributed by atoms with van der Waals surface area (Å²) in [6, 6.07) is 8.97. The molecular formula is C16H16ClF2NS. The molecule has 0 aliphatic carbocycles. The second-order valence-corrected chi connectivity index (χ2v) is 6.13. The maximum absolute atomic E-state index is 13.6. The molecule has 0 spiro atoms. The Bertz CT molecular complexity index is 619. The predicted octanol–water partition coefficient (Wildman–Crippen LogP) is 5.27. The number of benzene rings is 2. The van der Waals surface area contributed by atoms with Gasteiger partial charge in [0.2, 0.25) is 0 Å². The van der Waals surface area contributed by atoms with E-state index in [9.17, 15) is 8.78 Å². The van der Waals surface area contributed by atoms with Crippen molar-refractivity contribution in [1.82, 2.24) is 5.32 Å². The molecule has 5 heteroatoms. The van der Waals surface area contributed by atoms with Gasteiger partial charge in [0.1, 0.15) is 11.6 Å². The van der Waals surface area contributed by atoms with Crippen LogP contribution in [0.25, 0.3) is 0 Å². The molecule has 0 amide bonds. The molecule has 0 aliphatic rings. The van der Waals surface area contributed by atoms with Crippen molar-refractivity contribution in [3.8, 4) is 0 Å². The average molecular weight is 328 g/mol. The highest BCUT2D eigenvalue weighted by Gasteiger charge is 2.08. The van der Waals surface area contributed by atoms with E-state index >= 15 is 0 Å². The molecule has 0 saturated carbocycles. The summed E-state index contributed by atoms with van der Waals surface area (Å²) >= 11 is 7.38. The third-order valence-corrected chi connectivity index (χ3v) is 4.26. The predicted molar refractivity (Wildman–Crippen MR) is 83.9 cm³/mol. The summed E-state index contributed by atoms with van der Waals surface area (Å²) in [5, 5.41) is 3.90. The Kier molecular flexibility index (Phi) is 6.03. The molecule has 1 nitrogen and oxygen atoms in total. The monoisotopic (exact) mass is 327 g/mol. The lowest BCUT2D eigenvalue weighted by molar-refractivity contribution is 0.577. The van der Waals surface area contributed by atoms with Gasteiger partial charge in [-0.05, 0) is 48.9 Å². The molecule has 0 radical (unpaired) electrons. The number of rotatable bonds is 6. The van der Waals surface area contributed by atoms with Crippen molar-refractivity contribution >= 4 is 23.4 Å².